The Labute approximate surface area is 151 Å². The zero-order valence-electron chi connectivity index (χ0n) is 14.7. The molecule has 4 nitrogen and oxygen atoms in total. The van der Waals surface area contributed by atoms with Crippen LogP contribution in [0, 0.1) is 12.7 Å². The van der Waals surface area contributed by atoms with E-state index in [2.05, 4.69) is 21.7 Å². The van der Waals surface area contributed by atoms with Crippen molar-refractivity contribution in [3.63, 3.8) is 0 Å². The van der Waals surface area contributed by atoms with E-state index in [0.29, 0.717) is 22.6 Å². The minimum absolute atomic E-state index is 0.270. The first-order chi connectivity index (χ1) is 12.6. The van der Waals surface area contributed by atoms with Crippen molar-refractivity contribution in [2.24, 2.45) is 0 Å². The Balaban J connectivity index is 1.56. The van der Waals surface area contributed by atoms with E-state index in [-0.39, 0.29) is 11.7 Å². The van der Waals surface area contributed by atoms with Gasteiger partial charge in [-0.1, -0.05) is 24.6 Å². The predicted octanol–water partition coefficient (Wildman–Crippen LogP) is 4.68. The smallest absolute Gasteiger partial charge is 0.272 e. The molecule has 3 aromatic rings. The summed E-state index contributed by atoms with van der Waals surface area (Å²) in [6, 6.07) is 13.0. The van der Waals surface area contributed by atoms with Gasteiger partial charge in [0.15, 0.2) is 0 Å². The highest BCUT2D eigenvalue weighted by atomic mass is 19.1. The number of carbonyl (C=O) groups is 1. The van der Waals surface area contributed by atoms with Gasteiger partial charge in [0.25, 0.3) is 5.91 Å². The number of piperidine rings is 1. The van der Waals surface area contributed by atoms with Gasteiger partial charge in [-0.25, -0.2) is 4.39 Å². The summed E-state index contributed by atoms with van der Waals surface area (Å²) in [7, 11) is 0. The molecule has 0 aliphatic carbocycles. The predicted molar refractivity (Wildman–Crippen MR) is 102 cm³/mol. The Bertz CT molecular complexity index is 918. The van der Waals surface area contributed by atoms with Crippen LogP contribution in [0.4, 0.5) is 10.1 Å². The molecule has 4 rings (SSSR count). The van der Waals surface area contributed by atoms with E-state index in [0.717, 1.165) is 24.2 Å². The second kappa shape index (κ2) is 6.92. The van der Waals surface area contributed by atoms with E-state index in [4.69, 9.17) is 0 Å². The van der Waals surface area contributed by atoms with Crippen LogP contribution in [0.2, 0.25) is 0 Å². The lowest BCUT2D eigenvalue weighted by molar-refractivity contribution is 0.102. The molecule has 1 saturated heterocycles. The Morgan fingerprint density at radius 1 is 1.19 bits per heavy atom. The lowest BCUT2D eigenvalue weighted by Gasteiger charge is -2.24. The second-order valence-corrected chi connectivity index (χ2v) is 6.92. The summed E-state index contributed by atoms with van der Waals surface area (Å²) in [5.74, 6) is -0.597. The zero-order chi connectivity index (χ0) is 18.1. The molecule has 0 spiro atoms. The first-order valence-corrected chi connectivity index (χ1v) is 9.04. The lowest BCUT2D eigenvalue weighted by atomic mass is 9.97. The normalized spacial score (nSPS) is 17.4. The monoisotopic (exact) mass is 351 g/mol. The fraction of sp³-hybridized carbons (Fsp3) is 0.286. The Morgan fingerprint density at radius 2 is 2.08 bits per heavy atom. The number of carbonyl (C=O) groups excluding carboxylic acids is 1. The van der Waals surface area contributed by atoms with Gasteiger partial charge in [-0.2, -0.15) is 0 Å². The molecule has 2 aromatic carbocycles. The summed E-state index contributed by atoms with van der Waals surface area (Å²) >= 11 is 0. The molecule has 3 N–H and O–H groups in total. The lowest BCUT2D eigenvalue weighted by Crippen LogP contribution is -2.26. The highest BCUT2D eigenvalue weighted by Gasteiger charge is 2.16. The third-order valence-electron chi connectivity index (χ3n) is 5.05. The first-order valence-electron chi connectivity index (χ1n) is 9.04. The molecule has 1 amide bonds. The van der Waals surface area contributed by atoms with E-state index in [1.54, 1.807) is 12.1 Å². The van der Waals surface area contributed by atoms with Gasteiger partial charge in [0.05, 0.1) is 5.52 Å². The third-order valence-corrected chi connectivity index (χ3v) is 5.05. The number of fused-ring (bicyclic) bond motifs is 1. The quantitative estimate of drug-likeness (QED) is 0.641. The van der Waals surface area contributed by atoms with Gasteiger partial charge in [0, 0.05) is 17.1 Å². The molecule has 1 aliphatic rings. The van der Waals surface area contributed by atoms with Crippen LogP contribution in [0.5, 0.6) is 0 Å². The van der Waals surface area contributed by atoms with Gasteiger partial charge in [-0.3, -0.25) is 4.79 Å². The van der Waals surface area contributed by atoms with Crippen LogP contribution < -0.4 is 10.6 Å². The number of hydrogen-bond donors (Lipinski definition) is 3. The van der Waals surface area contributed by atoms with E-state index in [1.165, 1.54) is 24.5 Å². The van der Waals surface area contributed by atoms with Crippen LogP contribution in [0.25, 0.3) is 10.9 Å². The number of anilines is 1. The summed E-state index contributed by atoms with van der Waals surface area (Å²) in [6.45, 7) is 2.92. The molecule has 26 heavy (non-hydrogen) atoms. The SMILES string of the molecule is Cc1ccc(F)c2cc(C(=O)Nc3cccc(C4CCCCN4)c3)[nH]c12. The van der Waals surface area contributed by atoms with Crippen molar-refractivity contribution >= 4 is 22.5 Å². The van der Waals surface area contributed by atoms with E-state index >= 15 is 0 Å². The standard InChI is InChI=1S/C21H22FN3O/c1-13-8-9-17(22)16-12-19(25-20(13)16)21(26)24-15-6-4-5-14(11-15)18-7-2-3-10-23-18/h4-6,8-9,11-12,18,23,25H,2-3,7,10H2,1H3,(H,24,26). The molecular formula is C21H22FN3O. The summed E-state index contributed by atoms with van der Waals surface area (Å²) in [6.07, 6.45) is 3.54. The van der Waals surface area contributed by atoms with Crippen molar-refractivity contribution < 1.29 is 9.18 Å². The van der Waals surface area contributed by atoms with Gasteiger partial charge in [-0.15, -0.1) is 0 Å². The number of nitrogens with one attached hydrogen (secondary N) is 3. The van der Waals surface area contributed by atoms with Gasteiger partial charge >= 0.3 is 0 Å². The van der Waals surface area contributed by atoms with Crippen molar-refractivity contribution in [1.82, 2.24) is 10.3 Å². The molecule has 0 bridgehead atoms. The van der Waals surface area contributed by atoms with Crippen LogP contribution >= 0.6 is 0 Å². The number of aromatic nitrogens is 1. The number of H-pyrrole nitrogens is 1. The molecule has 2 heterocycles. The van der Waals surface area contributed by atoms with Crippen molar-refractivity contribution in [2.45, 2.75) is 32.2 Å². The Hall–Kier alpha value is -2.66. The molecule has 1 atom stereocenters. The van der Waals surface area contributed by atoms with Gasteiger partial charge in [0.1, 0.15) is 11.5 Å². The van der Waals surface area contributed by atoms with E-state index in [9.17, 15) is 9.18 Å². The zero-order valence-corrected chi connectivity index (χ0v) is 14.7. The van der Waals surface area contributed by atoms with Crippen molar-refractivity contribution in [1.29, 1.82) is 0 Å². The molecule has 1 fully saturated rings. The van der Waals surface area contributed by atoms with Gasteiger partial charge in [0.2, 0.25) is 0 Å². The number of hydrogen-bond acceptors (Lipinski definition) is 2. The molecule has 0 radical (unpaired) electrons. The Kier molecular flexibility index (Phi) is 4.47. The van der Waals surface area contributed by atoms with Crippen molar-refractivity contribution in [2.75, 3.05) is 11.9 Å². The minimum atomic E-state index is -0.328. The van der Waals surface area contributed by atoms with Crippen molar-refractivity contribution in [3.05, 3.63) is 65.1 Å². The maximum atomic E-state index is 14.0. The van der Waals surface area contributed by atoms with Crippen LogP contribution in [0.1, 0.15) is 46.9 Å². The second-order valence-electron chi connectivity index (χ2n) is 6.92. The summed E-state index contributed by atoms with van der Waals surface area (Å²) in [5, 5.41) is 6.87. The minimum Gasteiger partial charge on any atom is -0.350 e. The summed E-state index contributed by atoms with van der Waals surface area (Å²) in [5.41, 5.74) is 3.85. The summed E-state index contributed by atoms with van der Waals surface area (Å²) in [4.78, 5) is 15.7. The van der Waals surface area contributed by atoms with Crippen LogP contribution in [-0.2, 0) is 0 Å². The molecule has 5 heteroatoms. The maximum absolute atomic E-state index is 14.0. The van der Waals surface area contributed by atoms with Crippen LogP contribution in [-0.4, -0.2) is 17.4 Å². The number of halogens is 1. The van der Waals surface area contributed by atoms with Crippen LogP contribution in [0.3, 0.4) is 0 Å². The van der Waals surface area contributed by atoms with Crippen LogP contribution in [0.15, 0.2) is 42.5 Å². The first kappa shape index (κ1) is 16.8. The highest BCUT2D eigenvalue weighted by molar-refractivity contribution is 6.06. The number of amides is 1. The molecule has 1 aromatic heterocycles. The highest BCUT2D eigenvalue weighted by Crippen LogP contribution is 2.26. The topological polar surface area (TPSA) is 56.9 Å². The third kappa shape index (κ3) is 3.22. The number of aromatic amines is 1. The molecular weight excluding hydrogens is 329 g/mol. The summed E-state index contributed by atoms with van der Waals surface area (Å²) < 4.78 is 14.0. The maximum Gasteiger partial charge on any atom is 0.272 e. The van der Waals surface area contributed by atoms with Crippen molar-refractivity contribution in [3.8, 4) is 0 Å². The molecule has 0 saturated carbocycles. The fourth-order valence-corrected chi connectivity index (χ4v) is 3.62. The fourth-order valence-electron chi connectivity index (χ4n) is 3.62. The average molecular weight is 351 g/mol. The number of aryl methyl sites for hydroxylation is 1. The number of benzene rings is 2. The average Bonchev–Trinajstić information content (AvgIpc) is 3.13. The van der Waals surface area contributed by atoms with E-state index in [1.807, 2.05) is 25.1 Å². The van der Waals surface area contributed by atoms with Gasteiger partial charge < -0.3 is 15.6 Å². The Morgan fingerprint density at radius 3 is 2.85 bits per heavy atom. The number of rotatable bonds is 3. The van der Waals surface area contributed by atoms with E-state index < -0.39 is 0 Å². The molecule has 1 aliphatic heterocycles. The van der Waals surface area contributed by atoms with Gasteiger partial charge in [-0.05, 0) is 61.7 Å². The molecule has 134 valence electrons. The molecule has 1 unspecified atom stereocenters. The largest absolute Gasteiger partial charge is 0.350 e.